The lowest BCUT2D eigenvalue weighted by Gasteiger charge is -2.24. The Bertz CT molecular complexity index is 259. The van der Waals surface area contributed by atoms with Crippen LogP contribution in [0, 0.1) is 0 Å². The van der Waals surface area contributed by atoms with Crippen LogP contribution in [0.15, 0.2) is 17.5 Å². The zero-order valence-corrected chi connectivity index (χ0v) is 10.9. The number of hydrogen-bond donors (Lipinski definition) is 0. The van der Waals surface area contributed by atoms with Crippen LogP contribution in [0.25, 0.3) is 0 Å². The molecule has 1 aromatic rings. The van der Waals surface area contributed by atoms with Crippen LogP contribution in [0.5, 0.6) is 0 Å². The maximum Gasteiger partial charge on any atom is 0.0597 e. The van der Waals surface area contributed by atoms with Crippen molar-refractivity contribution in [1.29, 1.82) is 0 Å². The Balaban J connectivity index is 2.31. The molecule has 0 fully saturated rings. The van der Waals surface area contributed by atoms with E-state index in [-0.39, 0.29) is 0 Å². The second kappa shape index (κ2) is 6.26. The van der Waals surface area contributed by atoms with E-state index in [1.54, 1.807) is 0 Å². The molecule has 0 bridgehead atoms. The first kappa shape index (κ1) is 12.7. The van der Waals surface area contributed by atoms with E-state index in [1.165, 1.54) is 4.88 Å². The van der Waals surface area contributed by atoms with Gasteiger partial charge >= 0.3 is 0 Å². The summed E-state index contributed by atoms with van der Waals surface area (Å²) in [4.78, 5) is 3.75. The molecule has 1 rings (SSSR count). The third kappa shape index (κ3) is 4.33. The lowest BCUT2D eigenvalue weighted by atomic mass is 10.2. The van der Waals surface area contributed by atoms with Crippen molar-refractivity contribution in [2.24, 2.45) is 0 Å². The predicted molar refractivity (Wildman–Crippen MR) is 66.5 cm³/mol. The third-order valence-corrected chi connectivity index (χ3v) is 3.55. The van der Waals surface area contributed by atoms with E-state index in [4.69, 9.17) is 4.74 Å². The molecular formula is C12H21NOS. The molecule has 86 valence electrons. The highest BCUT2D eigenvalue weighted by Crippen LogP contribution is 2.22. The molecule has 3 heteroatoms. The summed E-state index contributed by atoms with van der Waals surface area (Å²) < 4.78 is 5.54. The minimum atomic E-state index is 0.329. The zero-order chi connectivity index (χ0) is 11.3. The van der Waals surface area contributed by atoms with Gasteiger partial charge in [-0.1, -0.05) is 6.07 Å². The number of thiophene rings is 1. The number of likely N-dealkylation sites (N-methyl/N-ethyl adjacent to an activating group) is 1. The molecule has 0 saturated heterocycles. The first-order valence-electron chi connectivity index (χ1n) is 5.46. The minimum Gasteiger partial charge on any atom is -0.377 e. The van der Waals surface area contributed by atoms with E-state index in [0.717, 1.165) is 13.2 Å². The Morgan fingerprint density at radius 1 is 1.40 bits per heavy atom. The van der Waals surface area contributed by atoms with Crippen molar-refractivity contribution in [3.05, 3.63) is 22.4 Å². The van der Waals surface area contributed by atoms with Crippen molar-refractivity contribution in [1.82, 2.24) is 4.90 Å². The highest BCUT2D eigenvalue weighted by Gasteiger charge is 2.11. The van der Waals surface area contributed by atoms with E-state index in [1.807, 2.05) is 11.3 Å². The van der Waals surface area contributed by atoms with Gasteiger partial charge < -0.3 is 4.74 Å². The summed E-state index contributed by atoms with van der Waals surface area (Å²) in [5, 5.41) is 2.13. The smallest absolute Gasteiger partial charge is 0.0597 e. The molecule has 15 heavy (non-hydrogen) atoms. The van der Waals surface area contributed by atoms with Gasteiger partial charge in [0.2, 0.25) is 0 Å². The summed E-state index contributed by atoms with van der Waals surface area (Å²) in [5.41, 5.74) is 0. The average Bonchev–Trinajstić information content (AvgIpc) is 2.68. The maximum absolute atomic E-state index is 5.54. The lowest BCUT2D eigenvalue weighted by molar-refractivity contribution is 0.0575. The number of ether oxygens (including phenoxy) is 1. The summed E-state index contributed by atoms with van der Waals surface area (Å²) in [6, 6.07) is 4.78. The predicted octanol–water partition coefficient (Wildman–Crippen LogP) is 3.17. The van der Waals surface area contributed by atoms with E-state index in [0.29, 0.717) is 12.1 Å². The van der Waals surface area contributed by atoms with E-state index in [2.05, 4.69) is 50.2 Å². The van der Waals surface area contributed by atoms with Crippen molar-refractivity contribution in [3.8, 4) is 0 Å². The average molecular weight is 227 g/mol. The van der Waals surface area contributed by atoms with Crippen molar-refractivity contribution in [2.45, 2.75) is 32.9 Å². The molecule has 2 nitrogen and oxygen atoms in total. The van der Waals surface area contributed by atoms with Gasteiger partial charge in [0.05, 0.1) is 12.7 Å². The minimum absolute atomic E-state index is 0.329. The third-order valence-electron chi connectivity index (χ3n) is 2.51. The van der Waals surface area contributed by atoms with Gasteiger partial charge in [0.15, 0.2) is 0 Å². The SMILES string of the molecule is CC(C)OCCN(C)C(C)c1cccs1. The lowest BCUT2D eigenvalue weighted by Crippen LogP contribution is -2.26. The molecule has 1 heterocycles. The van der Waals surface area contributed by atoms with Gasteiger partial charge in [-0.05, 0) is 39.3 Å². The molecular weight excluding hydrogens is 206 g/mol. The Kier molecular flexibility index (Phi) is 5.29. The Hall–Kier alpha value is -0.380. The Morgan fingerprint density at radius 3 is 2.67 bits per heavy atom. The molecule has 1 aromatic heterocycles. The maximum atomic E-state index is 5.54. The molecule has 0 saturated carbocycles. The molecule has 0 aromatic carbocycles. The number of nitrogens with zero attached hydrogens (tertiary/aromatic N) is 1. The molecule has 1 unspecified atom stereocenters. The topological polar surface area (TPSA) is 12.5 Å². The van der Waals surface area contributed by atoms with Gasteiger partial charge in [0.1, 0.15) is 0 Å². The van der Waals surface area contributed by atoms with Crippen molar-refractivity contribution in [2.75, 3.05) is 20.2 Å². The first-order valence-corrected chi connectivity index (χ1v) is 6.34. The molecule has 0 aliphatic rings. The standard InChI is InChI=1S/C12H21NOS/c1-10(2)14-8-7-13(4)11(3)12-6-5-9-15-12/h5-6,9-11H,7-8H2,1-4H3. The van der Waals surface area contributed by atoms with Gasteiger partial charge in [0.25, 0.3) is 0 Å². The van der Waals surface area contributed by atoms with Crippen LogP contribution in [-0.2, 0) is 4.74 Å². The van der Waals surface area contributed by atoms with Gasteiger partial charge in [0, 0.05) is 17.5 Å². The fourth-order valence-corrected chi connectivity index (χ4v) is 2.22. The molecule has 0 N–H and O–H groups in total. The van der Waals surface area contributed by atoms with Crippen molar-refractivity contribution in [3.63, 3.8) is 0 Å². The second-order valence-corrected chi connectivity index (χ2v) is 5.07. The van der Waals surface area contributed by atoms with Crippen LogP contribution in [0.3, 0.4) is 0 Å². The van der Waals surface area contributed by atoms with Crippen LogP contribution in [0.2, 0.25) is 0 Å². The summed E-state index contributed by atoms with van der Waals surface area (Å²) in [7, 11) is 2.15. The fraction of sp³-hybridized carbons (Fsp3) is 0.667. The van der Waals surface area contributed by atoms with E-state index in [9.17, 15) is 0 Å². The van der Waals surface area contributed by atoms with Crippen LogP contribution in [0.1, 0.15) is 31.7 Å². The van der Waals surface area contributed by atoms with Gasteiger partial charge in [-0.25, -0.2) is 0 Å². The van der Waals surface area contributed by atoms with Gasteiger partial charge in [-0.15, -0.1) is 11.3 Å². The number of hydrogen-bond acceptors (Lipinski definition) is 3. The summed E-state index contributed by atoms with van der Waals surface area (Å²) in [6.07, 6.45) is 0.329. The summed E-state index contributed by atoms with van der Waals surface area (Å²) >= 11 is 1.82. The molecule has 0 aliphatic heterocycles. The molecule has 0 aliphatic carbocycles. The van der Waals surface area contributed by atoms with Crippen LogP contribution < -0.4 is 0 Å². The van der Waals surface area contributed by atoms with Crippen LogP contribution >= 0.6 is 11.3 Å². The second-order valence-electron chi connectivity index (χ2n) is 4.09. The highest BCUT2D eigenvalue weighted by molar-refractivity contribution is 7.10. The molecule has 0 radical (unpaired) electrons. The summed E-state index contributed by atoms with van der Waals surface area (Å²) in [5.74, 6) is 0. The first-order chi connectivity index (χ1) is 7.11. The molecule has 1 atom stereocenters. The van der Waals surface area contributed by atoms with Crippen molar-refractivity contribution >= 4 is 11.3 Å². The number of rotatable bonds is 6. The van der Waals surface area contributed by atoms with E-state index < -0.39 is 0 Å². The fourth-order valence-electron chi connectivity index (χ4n) is 1.37. The van der Waals surface area contributed by atoms with Gasteiger partial charge in [-0.3, -0.25) is 4.90 Å². The largest absolute Gasteiger partial charge is 0.377 e. The van der Waals surface area contributed by atoms with Crippen LogP contribution in [0.4, 0.5) is 0 Å². The Labute approximate surface area is 96.9 Å². The van der Waals surface area contributed by atoms with Crippen molar-refractivity contribution < 1.29 is 4.74 Å². The molecule has 0 spiro atoms. The Morgan fingerprint density at radius 2 is 2.13 bits per heavy atom. The quantitative estimate of drug-likeness (QED) is 0.740. The zero-order valence-electron chi connectivity index (χ0n) is 10.1. The van der Waals surface area contributed by atoms with Crippen LogP contribution in [-0.4, -0.2) is 31.2 Å². The monoisotopic (exact) mass is 227 g/mol. The summed E-state index contributed by atoms with van der Waals surface area (Å²) in [6.45, 7) is 8.17. The molecule has 0 amide bonds. The highest BCUT2D eigenvalue weighted by atomic mass is 32.1. The normalized spacial score (nSPS) is 13.7. The van der Waals surface area contributed by atoms with Gasteiger partial charge in [-0.2, -0.15) is 0 Å². The van der Waals surface area contributed by atoms with E-state index >= 15 is 0 Å².